The molecule has 0 aromatic heterocycles. The Kier molecular flexibility index (Phi) is 9.80. The third-order valence-corrected chi connectivity index (χ3v) is 14.2. The standard InChI is InChI=1S/C66H45N3/c1-4-18-44(19-5-1)53-26-14-15-29-57(53)65-68-63(49-22-6-2-7-23-49)67-64(69-65)50-34-32-48(33-35-50)61-54-27-12-10-20-45(54)38-42-56(61)47-36-40-52(41-37-47)66(51-24-8-3-9-25-51)59-31-17-16-30-58(59)62-55-28-13-11-21-46(55)39-43-60(62)66/h1-43,64H,(H,67,68,69). The predicted molar refractivity (Wildman–Crippen MR) is 287 cm³/mol. The molecule has 324 valence electrons. The number of nitrogens with one attached hydrogen (secondary N) is 1. The Bertz CT molecular complexity index is 3780. The van der Waals surface area contributed by atoms with Crippen molar-refractivity contribution >= 4 is 33.2 Å². The van der Waals surface area contributed by atoms with Crippen molar-refractivity contribution in [3.8, 4) is 44.5 Å². The van der Waals surface area contributed by atoms with Gasteiger partial charge in [-0.2, -0.15) is 0 Å². The fraction of sp³-hybridized carbons (Fsp3) is 0.0303. The summed E-state index contributed by atoms with van der Waals surface area (Å²) in [4.78, 5) is 10.6. The van der Waals surface area contributed by atoms with Crippen molar-refractivity contribution in [3.05, 3.63) is 300 Å². The fourth-order valence-corrected chi connectivity index (χ4v) is 11.1. The lowest BCUT2D eigenvalue weighted by Gasteiger charge is -2.34. The van der Waals surface area contributed by atoms with Crippen LogP contribution in [0.3, 0.4) is 0 Å². The van der Waals surface area contributed by atoms with E-state index in [1.54, 1.807) is 0 Å². The molecular formula is C66H45N3. The molecule has 0 saturated heterocycles. The summed E-state index contributed by atoms with van der Waals surface area (Å²) in [5.74, 6) is 1.59. The van der Waals surface area contributed by atoms with Gasteiger partial charge in [0, 0.05) is 11.1 Å². The van der Waals surface area contributed by atoms with Crippen LogP contribution in [0.4, 0.5) is 0 Å². The van der Waals surface area contributed by atoms with Gasteiger partial charge in [0.25, 0.3) is 0 Å². The fourth-order valence-electron chi connectivity index (χ4n) is 11.1. The molecule has 11 aromatic rings. The van der Waals surface area contributed by atoms with E-state index < -0.39 is 11.6 Å². The lowest BCUT2D eigenvalue weighted by Crippen LogP contribution is -2.36. The topological polar surface area (TPSA) is 36.8 Å². The molecule has 0 spiro atoms. The van der Waals surface area contributed by atoms with Crippen LogP contribution in [0.15, 0.2) is 271 Å². The van der Waals surface area contributed by atoms with Crippen molar-refractivity contribution < 1.29 is 0 Å². The maximum Gasteiger partial charge on any atom is 0.169 e. The largest absolute Gasteiger partial charge is 0.324 e. The zero-order valence-electron chi connectivity index (χ0n) is 37.8. The number of amidine groups is 2. The molecule has 3 nitrogen and oxygen atoms in total. The summed E-state index contributed by atoms with van der Waals surface area (Å²) in [5.41, 5.74) is 17.3. The Morgan fingerprint density at radius 2 is 0.812 bits per heavy atom. The first-order chi connectivity index (χ1) is 34.2. The van der Waals surface area contributed by atoms with Gasteiger partial charge in [0.1, 0.15) is 11.7 Å². The van der Waals surface area contributed by atoms with Crippen LogP contribution in [0.1, 0.15) is 45.1 Å². The Balaban J connectivity index is 0.923. The number of hydrogen-bond acceptors (Lipinski definition) is 3. The third-order valence-electron chi connectivity index (χ3n) is 14.2. The first kappa shape index (κ1) is 40.4. The summed E-state index contributed by atoms with van der Waals surface area (Å²) in [5, 5.41) is 8.58. The van der Waals surface area contributed by atoms with E-state index in [0.29, 0.717) is 0 Å². The van der Waals surface area contributed by atoms with E-state index in [9.17, 15) is 0 Å². The van der Waals surface area contributed by atoms with Gasteiger partial charge in [0.2, 0.25) is 0 Å². The van der Waals surface area contributed by atoms with Crippen LogP contribution in [0, 0.1) is 0 Å². The van der Waals surface area contributed by atoms with E-state index >= 15 is 0 Å². The zero-order valence-corrected chi connectivity index (χ0v) is 37.8. The second kappa shape index (κ2) is 16.7. The molecule has 3 heteroatoms. The van der Waals surface area contributed by atoms with Gasteiger partial charge in [-0.3, -0.25) is 0 Å². The van der Waals surface area contributed by atoms with Crippen LogP contribution < -0.4 is 5.32 Å². The number of benzene rings is 11. The number of aliphatic imine (C=N–C) groups is 2. The first-order valence-corrected chi connectivity index (χ1v) is 23.8. The normalized spacial score (nSPS) is 16.0. The highest BCUT2D eigenvalue weighted by Gasteiger charge is 2.46. The van der Waals surface area contributed by atoms with Gasteiger partial charge in [0.05, 0.1) is 5.41 Å². The lowest BCUT2D eigenvalue weighted by molar-refractivity contribution is 0.756. The van der Waals surface area contributed by atoms with Crippen LogP contribution in [-0.4, -0.2) is 11.7 Å². The van der Waals surface area contributed by atoms with Crippen LogP contribution in [0.2, 0.25) is 0 Å². The SMILES string of the molecule is c1ccc(C2=NC(c3ccc(-c4c(-c5ccc(C6(c7ccccc7)c7ccccc7-c7c6ccc6ccccc76)cc5)ccc5ccccc45)cc3)N=C(c3ccccc3-c3ccccc3)N2)cc1. The van der Waals surface area contributed by atoms with E-state index in [1.807, 2.05) is 6.07 Å². The highest BCUT2D eigenvalue weighted by molar-refractivity contribution is 6.18. The minimum atomic E-state index is -0.499. The molecule has 0 bridgehead atoms. The Labute approximate surface area is 402 Å². The molecule has 0 fully saturated rings. The second-order valence-corrected chi connectivity index (χ2v) is 18.0. The molecule has 2 unspecified atom stereocenters. The summed E-state index contributed by atoms with van der Waals surface area (Å²) in [7, 11) is 0. The number of fused-ring (bicyclic) bond motifs is 6. The molecule has 1 heterocycles. The van der Waals surface area contributed by atoms with Crippen LogP contribution in [0.25, 0.3) is 66.1 Å². The molecule has 13 rings (SSSR count). The molecule has 1 N–H and O–H groups in total. The molecule has 0 amide bonds. The van der Waals surface area contributed by atoms with Crippen molar-refractivity contribution in [1.82, 2.24) is 5.32 Å². The lowest BCUT2D eigenvalue weighted by atomic mass is 9.67. The Morgan fingerprint density at radius 1 is 0.304 bits per heavy atom. The van der Waals surface area contributed by atoms with Crippen LogP contribution in [0.5, 0.6) is 0 Å². The zero-order chi connectivity index (χ0) is 45.7. The molecule has 2 aliphatic rings. The summed E-state index contributed by atoms with van der Waals surface area (Å²) >= 11 is 0. The maximum absolute atomic E-state index is 5.33. The highest BCUT2D eigenvalue weighted by atomic mass is 15.2. The van der Waals surface area contributed by atoms with E-state index in [0.717, 1.165) is 45.1 Å². The molecule has 69 heavy (non-hydrogen) atoms. The van der Waals surface area contributed by atoms with Gasteiger partial charge in [-0.05, 0) is 93.9 Å². The molecule has 0 saturated carbocycles. The van der Waals surface area contributed by atoms with Crippen LogP contribution in [-0.2, 0) is 5.41 Å². The average molecular weight is 880 g/mol. The monoisotopic (exact) mass is 879 g/mol. The second-order valence-electron chi connectivity index (χ2n) is 18.0. The smallest absolute Gasteiger partial charge is 0.169 e. The van der Waals surface area contributed by atoms with E-state index in [4.69, 9.17) is 9.98 Å². The van der Waals surface area contributed by atoms with Gasteiger partial charge in [-0.15, -0.1) is 0 Å². The molecule has 0 radical (unpaired) electrons. The van der Waals surface area contributed by atoms with Gasteiger partial charge in [0.15, 0.2) is 6.17 Å². The van der Waals surface area contributed by atoms with Gasteiger partial charge < -0.3 is 5.32 Å². The minimum absolute atomic E-state index is 0.449. The molecule has 11 aromatic carbocycles. The van der Waals surface area contributed by atoms with Crippen molar-refractivity contribution in [3.63, 3.8) is 0 Å². The molecule has 1 aliphatic heterocycles. The highest BCUT2D eigenvalue weighted by Crippen LogP contribution is 2.58. The van der Waals surface area contributed by atoms with Crippen LogP contribution >= 0.6 is 0 Å². The maximum atomic E-state index is 5.33. The van der Waals surface area contributed by atoms with E-state index in [-0.39, 0.29) is 0 Å². The summed E-state index contributed by atoms with van der Waals surface area (Å²) in [6.07, 6.45) is -0.449. The number of rotatable bonds is 8. The Morgan fingerprint density at radius 3 is 1.52 bits per heavy atom. The van der Waals surface area contributed by atoms with Gasteiger partial charge >= 0.3 is 0 Å². The van der Waals surface area contributed by atoms with E-state index in [1.165, 1.54) is 71.6 Å². The number of nitrogens with zero attached hydrogens (tertiary/aromatic N) is 2. The quantitative estimate of drug-likeness (QED) is 0.162. The van der Waals surface area contributed by atoms with Crippen molar-refractivity contribution in [2.45, 2.75) is 11.6 Å². The van der Waals surface area contributed by atoms with Crippen molar-refractivity contribution in [2.24, 2.45) is 9.98 Å². The third kappa shape index (κ3) is 6.73. The van der Waals surface area contributed by atoms with Crippen molar-refractivity contribution in [1.29, 1.82) is 0 Å². The van der Waals surface area contributed by atoms with Gasteiger partial charge in [-0.1, -0.05) is 261 Å². The predicted octanol–water partition coefficient (Wildman–Crippen LogP) is 15.9. The molecular weight excluding hydrogens is 835 g/mol. The average Bonchev–Trinajstić information content (AvgIpc) is 3.75. The van der Waals surface area contributed by atoms with Gasteiger partial charge in [-0.25, -0.2) is 9.98 Å². The van der Waals surface area contributed by atoms with Crippen molar-refractivity contribution in [2.75, 3.05) is 0 Å². The Hall–Kier alpha value is -8.92. The molecule has 1 aliphatic carbocycles. The first-order valence-electron chi connectivity index (χ1n) is 23.8. The summed E-state index contributed by atoms with van der Waals surface area (Å²) in [6.45, 7) is 0. The summed E-state index contributed by atoms with van der Waals surface area (Å²) in [6, 6.07) is 94.5. The minimum Gasteiger partial charge on any atom is -0.324 e. The summed E-state index contributed by atoms with van der Waals surface area (Å²) < 4.78 is 0. The molecule has 2 atom stereocenters. The number of hydrogen-bond donors (Lipinski definition) is 1. The van der Waals surface area contributed by atoms with E-state index in [2.05, 4.69) is 260 Å².